The van der Waals surface area contributed by atoms with Crippen LogP contribution in [0.1, 0.15) is 41.6 Å². The van der Waals surface area contributed by atoms with E-state index < -0.39 is 11.7 Å². The minimum Gasteiger partial charge on any atom is -0.356 e. The Morgan fingerprint density at radius 3 is 2.24 bits per heavy atom. The Kier molecular flexibility index (Phi) is 6.06. The molecular formula is C19H21F3N2S. The lowest BCUT2D eigenvalue weighted by molar-refractivity contribution is -0.137. The number of nitrogens with one attached hydrogen (secondary N) is 2. The summed E-state index contributed by atoms with van der Waals surface area (Å²) in [5, 5.41) is 6.55. The molecule has 25 heavy (non-hydrogen) atoms. The minimum absolute atomic E-state index is 0.0371. The average molecular weight is 366 g/mol. The van der Waals surface area contributed by atoms with Gasteiger partial charge >= 0.3 is 6.18 Å². The van der Waals surface area contributed by atoms with Gasteiger partial charge in [0.1, 0.15) is 0 Å². The predicted octanol–water partition coefficient (Wildman–Crippen LogP) is 5.76. The van der Waals surface area contributed by atoms with E-state index in [9.17, 15) is 13.2 Å². The fourth-order valence-corrected chi connectivity index (χ4v) is 2.94. The maximum atomic E-state index is 12.6. The second-order valence-corrected chi connectivity index (χ2v) is 6.40. The Morgan fingerprint density at radius 2 is 1.72 bits per heavy atom. The molecule has 2 aromatic rings. The van der Waals surface area contributed by atoms with Gasteiger partial charge in [-0.1, -0.05) is 30.7 Å². The van der Waals surface area contributed by atoms with Crippen molar-refractivity contribution in [3.8, 4) is 0 Å². The van der Waals surface area contributed by atoms with Gasteiger partial charge in [0.25, 0.3) is 0 Å². The topological polar surface area (TPSA) is 24.1 Å². The first-order valence-electron chi connectivity index (χ1n) is 8.02. The molecule has 2 aromatic carbocycles. The zero-order valence-electron chi connectivity index (χ0n) is 14.4. The number of hydrogen-bond acceptors (Lipinski definition) is 1. The molecule has 0 saturated heterocycles. The highest BCUT2D eigenvalue weighted by Crippen LogP contribution is 2.30. The molecular weight excluding hydrogens is 345 g/mol. The minimum atomic E-state index is -4.34. The van der Waals surface area contributed by atoms with Crippen molar-refractivity contribution >= 4 is 23.0 Å². The van der Waals surface area contributed by atoms with E-state index in [-0.39, 0.29) is 6.04 Å². The monoisotopic (exact) mass is 366 g/mol. The van der Waals surface area contributed by atoms with Crippen LogP contribution in [0.15, 0.2) is 42.5 Å². The van der Waals surface area contributed by atoms with Crippen molar-refractivity contribution in [2.75, 3.05) is 5.32 Å². The summed E-state index contributed by atoms with van der Waals surface area (Å²) in [6.45, 7) is 6.15. The molecule has 2 N–H and O–H groups in total. The molecule has 2 nitrogen and oxygen atoms in total. The van der Waals surface area contributed by atoms with Crippen molar-refractivity contribution in [1.82, 2.24) is 5.32 Å². The van der Waals surface area contributed by atoms with Crippen molar-refractivity contribution in [2.24, 2.45) is 0 Å². The Balaban J connectivity index is 2.05. The van der Waals surface area contributed by atoms with E-state index in [4.69, 9.17) is 12.2 Å². The highest BCUT2D eigenvalue weighted by molar-refractivity contribution is 7.80. The second kappa shape index (κ2) is 7.87. The SMILES string of the molecule is CC[C@@H](NC(=S)Nc1ccc(C(F)(F)F)cc1)c1ccc(C)cc1C. The van der Waals surface area contributed by atoms with Gasteiger partial charge in [-0.2, -0.15) is 13.2 Å². The van der Waals surface area contributed by atoms with Crippen LogP contribution in [-0.4, -0.2) is 5.11 Å². The van der Waals surface area contributed by atoms with Crippen molar-refractivity contribution in [1.29, 1.82) is 0 Å². The lowest BCUT2D eigenvalue weighted by Crippen LogP contribution is -2.32. The van der Waals surface area contributed by atoms with Crippen molar-refractivity contribution in [2.45, 2.75) is 39.4 Å². The maximum Gasteiger partial charge on any atom is 0.416 e. The number of hydrogen-bond donors (Lipinski definition) is 2. The van der Waals surface area contributed by atoms with E-state index in [1.807, 2.05) is 6.92 Å². The largest absolute Gasteiger partial charge is 0.416 e. The molecule has 0 aromatic heterocycles. The van der Waals surface area contributed by atoms with E-state index in [0.717, 1.165) is 24.1 Å². The summed E-state index contributed by atoms with van der Waals surface area (Å²) < 4.78 is 37.8. The van der Waals surface area contributed by atoms with Crippen LogP contribution < -0.4 is 10.6 Å². The molecule has 0 aliphatic carbocycles. The quantitative estimate of drug-likeness (QED) is 0.673. The number of aryl methyl sites for hydroxylation is 2. The molecule has 0 unspecified atom stereocenters. The molecule has 0 aliphatic heterocycles. The van der Waals surface area contributed by atoms with Gasteiger partial charge in [-0.25, -0.2) is 0 Å². The van der Waals surface area contributed by atoms with Crippen LogP contribution in [0.3, 0.4) is 0 Å². The third-order valence-corrected chi connectivity index (χ3v) is 4.20. The smallest absolute Gasteiger partial charge is 0.356 e. The molecule has 2 rings (SSSR count). The van der Waals surface area contributed by atoms with Gasteiger partial charge in [0.05, 0.1) is 11.6 Å². The molecule has 6 heteroatoms. The highest BCUT2D eigenvalue weighted by Gasteiger charge is 2.29. The molecule has 134 valence electrons. The van der Waals surface area contributed by atoms with Crippen LogP contribution >= 0.6 is 12.2 Å². The van der Waals surface area contributed by atoms with Gasteiger partial charge in [-0.15, -0.1) is 0 Å². The molecule has 0 radical (unpaired) electrons. The number of benzene rings is 2. The highest BCUT2D eigenvalue weighted by atomic mass is 32.1. The number of halogens is 3. The van der Waals surface area contributed by atoms with Gasteiger partial charge in [0.2, 0.25) is 0 Å². The van der Waals surface area contributed by atoms with Crippen molar-refractivity contribution in [3.63, 3.8) is 0 Å². The van der Waals surface area contributed by atoms with Crippen LogP contribution in [0.2, 0.25) is 0 Å². The van der Waals surface area contributed by atoms with Gasteiger partial charge in [-0.05, 0) is 67.9 Å². The molecule has 1 atom stereocenters. The summed E-state index contributed by atoms with van der Waals surface area (Å²) in [7, 11) is 0. The zero-order chi connectivity index (χ0) is 18.6. The molecule has 0 heterocycles. The van der Waals surface area contributed by atoms with E-state index in [1.54, 1.807) is 0 Å². The van der Waals surface area contributed by atoms with Gasteiger partial charge in [0, 0.05) is 5.69 Å². The Labute approximate surface area is 151 Å². The number of anilines is 1. The fraction of sp³-hybridized carbons (Fsp3) is 0.316. The summed E-state index contributed by atoms with van der Waals surface area (Å²) in [5.74, 6) is 0. The number of rotatable bonds is 4. The standard InChI is InChI=1S/C19H21F3N2S/c1-4-17(16-10-5-12(2)11-13(16)3)24-18(25)23-15-8-6-14(7-9-15)19(20,21)22/h5-11,17H,4H2,1-3H3,(H2,23,24,25)/t17-/m1/s1. The molecule has 0 spiro atoms. The Hall–Kier alpha value is -2.08. The molecule has 0 bridgehead atoms. The molecule has 0 saturated carbocycles. The third kappa shape index (κ3) is 5.19. The van der Waals surface area contributed by atoms with E-state index >= 15 is 0 Å². The van der Waals surface area contributed by atoms with Gasteiger partial charge in [-0.3, -0.25) is 0 Å². The number of thiocarbonyl (C=S) groups is 1. The van der Waals surface area contributed by atoms with Gasteiger partial charge < -0.3 is 10.6 Å². The second-order valence-electron chi connectivity index (χ2n) is 5.99. The summed E-state index contributed by atoms with van der Waals surface area (Å²) >= 11 is 5.31. The normalized spacial score (nSPS) is 12.6. The van der Waals surface area contributed by atoms with Gasteiger partial charge in [0.15, 0.2) is 5.11 Å². The first-order valence-corrected chi connectivity index (χ1v) is 8.43. The van der Waals surface area contributed by atoms with Crippen LogP contribution in [-0.2, 0) is 6.18 Å². The lowest BCUT2D eigenvalue weighted by atomic mass is 9.98. The predicted molar refractivity (Wildman–Crippen MR) is 99.7 cm³/mol. The summed E-state index contributed by atoms with van der Waals surface area (Å²) in [5.41, 5.74) is 3.36. The first-order chi connectivity index (χ1) is 11.7. The Morgan fingerprint density at radius 1 is 1.08 bits per heavy atom. The van der Waals surface area contributed by atoms with E-state index in [2.05, 4.69) is 42.7 Å². The zero-order valence-corrected chi connectivity index (χ0v) is 15.2. The van der Waals surface area contributed by atoms with Crippen LogP contribution in [0.25, 0.3) is 0 Å². The average Bonchev–Trinajstić information content (AvgIpc) is 2.53. The van der Waals surface area contributed by atoms with Crippen LogP contribution in [0, 0.1) is 13.8 Å². The van der Waals surface area contributed by atoms with E-state index in [1.165, 1.54) is 23.3 Å². The van der Waals surface area contributed by atoms with Crippen LogP contribution in [0.5, 0.6) is 0 Å². The number of alkyl halides is 3. The summed E-state index contributed by atoms with van der Waals surface area (Å²) in [4.78, 5) is 0. The summed E-state index contributed by atoms with van der Waals surface area (Å²) in [6.07, 6.45) is -3.51. The first kappa shape index (κ1) is 19.2. The van der Waals surface area contributed by atoms with Crippen molar-refractivity contribution in [3.05, 3.63) is 64.7 Å². The van der Waals surface area contributed by atoms with Crippen molar-refractivity contribution < 1.29 is 13.2 Å². The molecule has 0 aliphatic rings. The lowest BCUT2D eigenvalue weighted by Gasteiger charge is -2.22. The van der Waals surface area contributed by atoms with Crippen LogP contribution in [0.4, 0.5) is 18.9 Å². The third-order valence-electron chi connectivity index (χ3n) is 3.98. The maximum absolute atomic E-state index is 12.6. The fourth-order valence-electron chi connectivity index (χ4n) is 2.68. The molecule has 0 fully saturated rings. The summed E-state index contributed by atoms with van der Waals surface area (Å²) in [6, 6.07) is 11.1. The molecule has 0 amide bonds. The Bertz CT molecular complexity index is 739. The van der Waals surface area contributed by atoms with E-state index in [0.29, 0.717) is 10.8 Å².